The Morgan fingerprint density at radius 2 is 1.82 bits per heavy atom. The molecule has 0 aliphatic rings. The predicted octanol–water partition coefficient (Wildman–Crippen LogP) is 3.36. The fraction of sp³-hybridized carbons (Fsp3) is 0.600. The average Bonchev–Trinajstić information content (AvgIpc) is 2.29. The molecule has 0 aliphatic heterocycles. The first-order chi connectivity index (χ1) is 8.01. The summed E-state index contributed by atoms with van der Waals surface area (Å²) in [7, 11) is 2.00. The van der Waals surface area contributed by atoms with Crippen molar-refractivity contribution in [2.24, 2.45) is 0 Å². The van der Waals surface area contributed by atoms with Gasteiger partial charge in [-0.3, -0.25) is 0 Å². The van der Waals surface area contributed by atoms with Crippen molar-refractivity contribution in [3.05, 3.63) is 29.8 Å². The van der Waals surface area contributed by atoms with Crippen molar-refractivity contribution in [3.8, 4) is 5.75 Å². The molecule has 0 saturated heterocycles. The Hall–Kier alpha value is -1.02. The molecule has 0 aromatic heterocycles. The summed E-state index contributed by atoms with van der Waals surface area (Å²) in [6.07, 6.45) is 1.36. The molecule has 0 amide bonds. The minimum absolute atomic E-state index is 0.200. The van der Waals surface area contributed by atoms with Crippen LogP contribution in [0.2, 0.25) is 0 Å². The molecule has 0 spiro atoms. The van der Waals surface area contributed by atoms with Crippen LogP contribution < -0.4 is 10.1 Å². The zero-order valence-corrected chi connectivity index (χ0v) is 11.7. The number of rotatable bonds is 6. The van der Waals surface area contributed by atoms with Crippen molar-refractivity contribution in [1.29, 1.82) is 0 Å². The van der Waals surface area contributed by atoms with Crippen LogP contribution in [0, 0.1) is 0 Å². The van der Waals surface area contributed by atoms with Gasteiger partial charge in [0.2, 0.25) is 0 Å². The quantitative estimate of drug-likeness (QED) is 0.816. The Bertz CT molecular complexity index is 331. The van der Waals surface area contributed by atoms with Crippen LogP contribution >= 0.6 is 0 Å². The van der Waals surface area contributed by atoms with Crippen LogP contribution in [0.4, 0.5) is 0 Å². The number of nitrogens with one attached hydrogen (secondary N) is 1. The first-order valence-electron chi connectivity index (χ1n) is 6.43. The zero-order valence-electron chi connectivity index (χ0n) is 11.7. The second kappa shape index (κ2) is 6.06. The molecule has 0 aliphatic carbocycles. The van der Waals surface area contributed by atoms with Crippen molar-refractivity contribution in [2.75, 3.05) is 13.6 Å². The van der Waals surface area contributed by atoms with Gasteiger partial charge in [-0.05, 0) is 45.0 Å². The molecule has 1 aromatic carbocycles. The lowest BCUT2D eigenvalue weighted by Gasteiger charge is -2.29. The van der Waals surface area contributed by atoms with Gasteiger partial charge in [0.25, 0.3) is 0 Å². The first-order valence-corrected chi connectivity index (χ1v) is 6.43. The van der Waals surface area contributed by atoms with E-state index in [2.05, 4.69) is 43.4 Å². The number of likely N-dealkylation sites (N-methyl/N-ethyl adjacent to an activating group) is 1. The second-order valence-electron chi connectivity index (χ2n) is 5.14. The van der Waals surface area contributed by atoms with Gasteiger partial charge in [-0.1, -0.05) is 26.0 Å². The van der Waals surface area contributed by atoms with Crippen molar-refractivity contribution in [1.82, 2.24) is 5.32 Å². The van der Waals surface area contributed by atoms with Crippen LogP contribution in [0.1, 0.15) is 39.7 Å². The maximum absolute atomic E-state index is 5.66. The van der Waals surface area contributed by atoms with E-state index < -0.39 is 0 Å². The Kier molecular flexibility index (Phi) is 5.01. The highest BCUT2D eigenvalue weighted by Crippen LogP contribution is 2.28. The maximum atomic E-state index is 5.66. The summed E-state index contributed by atoms with van der Waals surface area (Å²) in [5, 5.41) is 3.27. The molecular formula is C15H25NO. The Morgan fingerprint density at radius 1 is 1.24 bits per heavy atom. The van der Waals surface area contributed by atoms with E-state index in [1.54, 1.807) is 0 Å². The van der Waals surface area contributed by atoms with E-state index in [1.165, 1.54) is 5.56 Å². The lowest BCUT2D eigenvalue weighted by molar-refractivity contribution is 0.242. The van der Waals surface area contributed by atoms with E-state index in [0.717, 1.165) is 18.7 Å². The van der Waals surface area contributed by atoms with Crippen LogP contribution in [0.15, 0.2) is 24.3 Å². The van der Waals surface area contributed by atoms with E-state index in [9.17, 15) is 0 Å². The Labute approximate surface area is 105 Å². The third-order valence-corrected chi connectivity index (χ3v) is 3.27. The third kappa shape index (κ3) is 3.74. The molecule has 0 heterocycles. The lowest BCUT2D eigenvalue weighted by atomic mass is 9.80. The highest BCUT2D eigenvalue weighted by Gasteiger charge is 2.23. The molecule has 2 nitrogen and oxygen atoms in total. The molecular weight excluding hydrogens is 210 g/mol. The van der Waals surface area contributed by atoms with Crippen molar-refractivity contribution in [3.63, 3.8) is 0 Å². The van der Waals surface area contributed by atoms with Crippen molar-refractivity contribution >= 4 is 0 Å². The highest BCUT2D eigenvalue weighted by atomic mass is 16.5. The van der Waals surface area contributed by atoms with Gasteiger partial charge in [0.15, 0.2) is 0 Å². The molecule has 0 bridgehead atoms. The summed E-state index contributed by atoms with van der Waals surface area (Å²) in [4.78, 5) is 0. The molecule has 2 heteroatoms. The minimum Gasteiger partial charge on any atom is -0.491 e. The molecule has 1 unspecified atom stereocenters. The number of hydrogen-bond acceptors (Lipinski definition) is 2. The fourth-order valence-corrected chi connectivity index (χ4v) is 2.03. The lowest BCUT2D eigenvalue weighted by Crippen LogP contribution is -2.33. The van der Waals surface area contributed by atoms with E-state index in [1.807, 2.05) is 20.9 Å². The molecule has 0 radical (unpaired) electrons. The fourth-order valence-electron chi connectivity index (χ4n) is 2.03. The summed E-state index contributed by atoms with van der Waals surface area (Å²) < 4.78 is 5.66. The van der Waals surface area contributed by atoms with Crippen LogP contribution in [-0.4, -0.2) is 19.7 Å². The smallest absolute Gasteiger partial charge is 0.119 e. The van der Waals surface area contributed by atoms with Crippen LogP contribution in [-0.2, 0) is 5.41 Å². The number of benzene rings is 1. The largest absolute Gasteiger partial charge is 0.491 e. The Balaban J connectivity index is 2.85. The van der Waals surface area contributed by atoms with Gasteiger partial charge in [0.05, 0.1) is 6.10 Å². The molecule has 1 N–H and O–H groups in total. The molecule has 1 atom stereocenters. The van der Waals surface area contributed by atoms with Crippen LogP contribution in [0.5, 0.6) is 5.75 Å². The van der Waals surface area contributed by atoms with Gasteiger partial charge >= 0.3 is 0 Å². The zero-order chi connectivity index (χ0) is 12.9. The first kappa shape index (κ1) is 14.0. The average molecular weight is 235 g/mol. The summed E-state index contributed by atoms with van der Waals surface area (Å²) in [6, 6.07) is 8.49. The second-order valence-corrected chi connectivity index (χ2v) is 5.14. The summed E-state index contributed by atoms with van der Waals surface area (Å²) in [5.41, 5.74) is 1.57. The normalized spacial score (nSPS) is 14.7. The van der Waals surface area contributed by atoms with Crippen molar-refractivity contribution < 1.29 is 4.74 Å². The molecule has 1 aromatic rings. The van der Waals surface area contributed by atoms with E-state index in [-0.39, 0.29) is 11.5 Å². The van der Waals surface area contributed by atoms with Gasteiger partial charge in [0, 0.05) is 12.0 Å². The molecule has 0 saturated carbocycles. The monoisotopic (exact) mass is 235 g/mol. The minimum atomic E-state index is 0.200. The molecule has 0 fully saturated rings. The maximum Gasteiger partial charge on any atom is 0.119 e. The predicted molar refractivity (Wildman–Crippen MR) is 73.8 cm³/mol. The third-order valence-electron chi connectivity index (χ3n) is 3.27. The van der Waals surface area contributed by atoms with Gasteiger partial charge < -0.3 is 10.1 Å². The van der Waals surface area contributed by atoms with E-state index in [4.69, 9.17) is 4.74 Å². The Morgan fingerprint density at radius 3 is 2.24 bits per heavy atom. The standard InChI is InChI=1S/C15H25NO/c1-6-15(4,11-16-5)13-7-9-14(10-8-13)17-12(2)3/h7-10,12,16H,6,11H2,1-5H3. The highest BCUT2D eigenvalue weighted by molar-refractivity contribution is 5.32. The molecule has 96 valence electrons. The number of ether oxygens (including phenoxy) is 1. The van der Waals surface area contributed by atoms with Crippen molar-refractivity contribution in [2.45, 2.75) is 45.6 Å². The summed E-state index contributed by atoms with van der Waals surface area (Å²) >= 11 is 0. The van der Waals surface area contributed by atoms with E-state index in [0.29, 0.717) is 0 Å². The van der Waals surface area contributed by atoms with Crippen LogP contribution in [0.3, 0.4) is 0 Å². The van der Waals surface area contributed by atoms with E-state index >= 15 is 0 Å². The van der Waals surface area contributed by atoms with Gasteiger partial charge in [-0.2, -0.15) is 0 Å². The molecule has 17 heavy (non-hydrogen) atoms. The van der Waals surface area contributed by atoms with Gasteiger partial charge in [0.1, 0.15) is 5.75 Å². The topological polar surface area (TPSA) is 21.3 Å². The molecule has 1 rings (SSSR count). The summed E-state index contributed by atoms with van der Waals surface area (Å²) in [6.45, 7) is 9.61. The summed E-state index contributed by atoms with van der Waals surface area (Å²) in [5.74, 6) is 0.951. The van der Waals surface area contributed by atoms with Crippen LogP contribution in [0.25, 0.3) is 0 Å². The SMILES string of the molecule is CCC(C)(CNC)c1ccc(OC(C)C)cc1. The number of hydrogen-bond donors (Lipinski definition) is 1. The van der Waals surface area contributed by atoms with Gasteiger partial charge in [-0.25, -0.2) is 0 Å². The van der Waals surface area contributed by atoms with Gasteiger partial charge in [-0.15, -0.1) is 0 Å².